The summed E-state index contributed by atoms with van der Waals surface area (Å²) in [6.45, 7) is 0.360. The summed E-state index contributed by atoms with van der Waals surface area (Å²) in [6.07, 6.45) is 1.37. The van der Waals surface area contributed by atoms with Gasteiger partial charge in [-0.3, -0.25) is 5.32 Å². The van der Waals surface area contributed by atoms with Crippen molar-refractivity contribution >= 4 is 17.8 Å². The van der Waals surface area contributed by atoms with Crippen LogP contribution in [0, 0.1) is 0 Å². The molecule has 1 aromatic heterocycles. The molecule has 0 saturated heterocycles. The molecule has 6 heteroatoms. The SMILES string of the molecule is COC(=O)c1cnc2c(c1)CNC(=O)N2. The molecule has 0 bridgehead atoms. The van der Waals surface area contributed by atoms with Gasteiger partial charge in [0, 0.05) is 18.3 Å². The summed E-state index contributed by atoms with van der Waals surface area (Å²) in [5, 5.41) is 5.11. The van der Waals surface area contributed by atoms with Crippen LogP contribution in [-0.2, 0) is 11.3 Å². The van der Waals surface area contributed by atoms with Crippen LogP contribution in [0.3, 0.4) is 0 Å². The largest absolute Gasteiger partial charge is 0.465 e. The first-order chi connectivity index (χ1) is 7.20. The maximum atomic E-state index is 11.2. The van der Waals surface area contributed by atoms with Gasteiger partial charge >= 0.3 is 12.0 Å². The van der Waals surface area contributed by atoms with E-state index < -0.39 is 5.97 Å². The molecule has 0 fully saturated rings. The number of methoxy groups -OCH3 is 1. The van der Waals surface area contributed by atoms with Gasteiger partial charge in [-0.05, 0) is 6.07 Å². The number of urea groups is 1. The number of esters is 1. The molecule has 0 aromatic carbocycles. The first kappa shape index (κ1) is 9.45. The lowest BCUT2D eigenvalue weighted by atomic mass is 10.1. The van der Waals surface area contributed by atoms with Crippen molar-refractivity contribution in [3.63, 3.8) is 0 Å². The number of pyridine rings is 1. The van der Waals surface area contributed by atoms with Crippen LogP contribution in [0.1, 0.15) is 15.9 Å². The van der Waals surface area contributed by atoms with E-state index in [9.17, 15) is 9.59 Å². The molecule has 15 heavy (non-hydrogen) atoms. The van der Waals surface area contributed by atoms with E-state index in [0.717, 1.165) is 5.56 Å². The van der Waals surface area contributed by atoms with Crippen molar-refractivity contribution in [2.24, 2.45) is 0 Å². The Balaban J connectivity index is 2.34. The third-order valence-corrected chi connectivity index (χ3v) is 2.06. The highest BCUT2D eigenvalue weighted by Gasteiger charge is 2.17. The molecule has 0 unspecified atom stereocenters. The van der Waals surface area contributed by atoms with Crippen LogP contribution in [0.15, 0.2) is 12.3 Å². The summed E-state index contributed by atoms with van der Waals surface area (Å²) in [5.74, 6) is 0.0357. The van der Waals surface area contributed by atoms with Crippen LogP contribution in [0.4, 0.5) is 10.6 Å². The summed E-state index contributed by atoms with van der Waals surface area (Å²) in [7, 11) is 1.31. The van der Waals surface area contributed by atoms with Gasteiger partial charge in [0.15, 0.2) is 0 Å². The van der Waals surface area contributed by atoms with E-state index in [-0.39, 0.29) is 6.03 Å². The molecule has 1 aliphatic rings. The number of rotatable bonds is 1. The van der Waals surface area contributed by atoms with Crippen molar-refractivity contribution in [2.75, 3.05) is 12.4 Å². The third kappa shape index (κ3) is 1.74. The second-order valence-electron chi connectivity index (χ2n) is 3.03. The number of anilines is 1. The normalized spacial score (nSPS) is 13.5. The quantitative estimate of drug-likeness (QED) is 0.657. The van der Waals surface area contributed by atoms with E-state index in [0.29, 0.717) is 17.9 Å². The average molecular weight is 207 g/mol. The summed E-state index contributed by atoms with van der Waals surface area (Å²) < 4.78 is 4.56. The van der Waals surface area contributed by atoms with Crippen LogP contribution in [-0.4, -0.2) is 24.1 Å². The van der Waals surface area contributed by atoms with Gasteiger partial charge in [0.1, 0.15) is 5.82 Å². The summed E-state index contributed by atoms with van der Waals surface area (Å²) in [5.41, 5.74) is 1.13. The van der Waals surface area contributed by atoms with Crippen molar-refractivity contribution in [1.82, 2.24) is 10.3 Å². The number of hydrogen-bond donors (Lipinski definition) is 2. The van der Waals surface area contributed by atoms with Gasteiger partial charge in [0.25, 0.3) is 0 Å². The Morgan fingerprint density at radius 2 is 2.40 bits per heavy atom. The van der Waals surface area contributed by atoms with E-state index in [1.54, 1.807) is 6.07 Å². The number of amides is 2. The number of nitrogens with one attached hydrogen (secondary N) is 2. The predicted molar refractivity (Wildman–Crippen MR) is 51.4 cm³/mol. The van der Waals surface area contributed by atoms with Crippen molar-refractivity contribution in [3.05, 3.63) is 23.4 Å². The van der Waals surface area contributed by atoms with Crippen LogP contribution in [0.25, 0.3) is 0 Å². The monoisotopic (exact) mass is 207 g/mol. The van der Waals surface area contributed by atoms with Crippen molar-refractivity contribution < 1.29 is 14.3 Å². The maximum absolute atomic E-state index is 11.2. The number of ether oxygens (including phenoxy) is 1. The lowest BCUT2D eigenvalue weighted by molar-refractivity contribution is 0.0600. The Bertz CT molecular complexity index is 431. The molecule has 0 atom stereocenters. The maximum Gasteiger partial charge on any atom is 0.339 e. The number of fused-ring (bicyclic) bond motifs is 1. The zero-order chi connectivity index (χ0) is 10.8. The van der Waals surface area contributed by atoms with Crippen molar-refractivity contribution in [1.29, 1.82) is 0 Å². The lowest BCUT2D eigenvalue weighted by Crippen LogP contribution is -2.34. The summed E-state index contributed by atoms with van der Waals surface area (Å²) in [4.78, 5) is 26.1. The molecule has 0 saturated carbocycles. The molecule has 1 aliphatic heterocycles. The Labute approximate surface area is 85.6 Å². The van der Waals surface area contributed by atoms with Gasteiger partial charge < -0.3 is 10.1 Å². The molecule has 6 nitrogen and oxygen atoms in total. The Kier molecular flexibility index (Phi) is 2.24. The highest BCUT2D eigenvalue weighted by atomic mass is 16.5. The first-order valence-corrected chi connectivity index (χ1v) is 4.33. The number of hydrogen-bond acceptors (Lipinski definition) is 4. The van der Waals surface area contributed by atoms with Gasteiger partial charge in [-0.15, -0.1) is 0 Å². The van der Waals surface area contributed by atoms with Gasteiger partial charge in [-0.25, -0.2) is 14.6 Å². The van der Waals surface area contributed by atoms with E-state index in [1.807, 2.05) is 0 Å². The van der Waals surface area contributed by atoms with Crippen LogP contribution < -0.4 is 10.6 Å². The molecule has 0 aliphatic carbocycles. The lowest BCUT2D eigenvalue weighted by Gasteiger charge is -2.17. The van der Waals surface area contributed by atoms with Crippen molar-refractivity contribution in [3.8, 4) is 0 Å². The Hall–Kier alpha value is -2.11. The van der Waals surface area contributed by atoms with Gasteiger partial charge in [-0.2, -0.15) is 0 Å². The number of carbonyl (C=O) groups excluding carboxylic acids is 2. The fraction of sp³-hybridized carbons (Fsp3) is 0.222. The topological polar surface area (TPSA) is 80.3 Å². The molecule has 0 radical (unpaired) electrons. The van der Waals surface area contributed by atoms with Crippen molar-refractivity contribution in [2.45, 2.75) is 6.54 Å². The van der Waals surface area contributed by atoms with E-state index in [4.69, 9.17) is 0 Å². The molecular formula is C9H9N3O3. The van der Waals surface area contributed by atoms with E-state index in [2.05, 4.69) is 20.4 Å². The molecule has 1 aromatic rings. The minimum atomic E-state index is -0.442. The first-order valence-electron chi connectivity index (χ1n) is 4.33. The molecule has 2 heterocycles. The third-order valence-electron chi connectivity index (χ3n) is 2.06. The Morgan fingerprint density at radius 1 is 1.60 bits per heavy atom. The van der Waals surface area contributed by atoms with Crippen LogP contribution >= 0.6 is 0 Å². The zero-order valence-electron chi connectivity index (χ0n) is 8.03. The van der Waals surface area contributed by atoms with Gasteiger partial charge in [0.05, 0.1) is 12.7 Å². The molecule has 0 spiro atoms. The highest BCUT2D eigenvalue weighted by Crippen LogP contribution is 2.17. The fourth-order valence-electron chi connectivity index (χ4n) is 1.31. The highest BCUT2D eigenvalue weighted by molar-refractivity contribution is 5.93. The van der Waals surface area contributed by atoms with Crippen LogP contribution in [0.5, 0.6) is 0 Å². The second kappa shape index (κ2) is 3.56. The predicted octanol–water partition coefficient (Wildman–Crippen LogP) is 0.503. The number of nitrogens with zero attached hydrogens (tertiary/aromatic N) is 1. The number of aromatic nitrogens is 1. The average Bonchev–Trinajstić information content (AvgIpc) is 2.27. The fourth-order valence-corrected chi connectivity index (χ4v) is 1.31. The summed E-state index contributed by atoms with van der Waals surface area (Å²) in [6, 6.07) is 1.35. The standard InChI is InChI=1S/C9H9N3O3/c1-15-8(13)6-2-5-3-11-9(14)12-7(5)10-4-6/h2,4H,3H2,1H3,(H2,10,11,12,14). The zero-order valence-corrected chi connectivity index (χ0v) is 8.03. The molecule has 2 amide bonds. The Morgan fingerprint density at radius 3 is 3.13 bits per heavy atom. The van der Waals surface area contributed by atoms with Gasteiger partial charge in [-0.1, -0.05) is 0 Å². The van der Waals surface area contributed by atoms with E-state index in [1.165, 1.54) is 13.3 Å². The minimum Gasteiger partial charge on any atom is -0.465 e. The molecule has 78 valence electrons. The molecule has 2 rings (SSSR count). The van der Waals surface area contributed by atoms with Gasteiger partial charge in [0.2, 0.25) is 0 Å². The summed E-state index contributed by atoms with van der Waals surface area (Å²) >= 11 is 0. The second-order valence-corrected chi connectivity index (χ2v) is 3.03. The van der Waals surface area contributed by atoms with Crippen LogP contribution in [0.2, 0.25) is 0 Å². The minimum absolute atomic E-state index is 0.291. The molecular weight excluding hydrogens is 198 g/mol. The molecule has 2 N–H and O–H groups in total. The number of carbonyl (C=O) groups is 2. The van der Waals surface area contributed by atoms with E-state index >= 15 is 0 Å². The smallest absolute Gasteiger partial charge is 0.339 e.